The molecule has 1 aliphatic heterocycles. The van der Waals surface area contributed by atoms with E-state index in [-0.39, 0.29) is 5.91 Å². The number of carbonyl (C=O) groups excluding carboxylic acids is 1. The van der Waals surface area contributed by atoms with Gasteiger partial charge in [-0.3, -0.25) is 9.78 Å². The summed E-state index contributed by atoms with van der Waals surface area (Å²) in [7, 11) is 0. The van der Waals surface area contributed by atoms with E-state index in [2.05, 4.69) is 19.9 Å². The number of pyridine rings is 1. The van der Waals surface area contributed by atoms with Gasteiger partial charge in [0.2, 0.25) is 0 Å². The molecule has 0 radical (unpaired) electrons. The van der Waals surface area contributed by atoms with E-state index >= 15 is 0 Å². The van der Waals surface area contributed by atoms with Crippen molar-refractivity contribution in [1.29, 1.82) is 0 Å². The van der Waals surface area contributed by atoms with Crippen molar-refractivity contribution in [1.82, 2.24) is 24.8 Å². The fourth-order valence-electron chi connectivity index (χ4n) is 2.95. The fourth-order valence-corrected chi connectivity index (χ4v) is 2.95. The van der Waals surface area contributed by atoms with Gasteiger partial charge in [0.15, 0.2) is 0 Å². The molecule has 0 saturated carbocycles. The van der Waals surface area contributed by atoms with Crippen molar-refractivity contribution < 1.29 is 4.79 Å². The minimum atomic E-state index is -0.0656. The lowest BCUT2D eigenvalue weighted by Crippen LogP contribution is -2.28. The Labute approximate surface area is 132 Å². The number of rotatable bonds is 2. The standard InChI is InChI=1S/C16H16N6O/c17-14-7-11(10-3-4-19-15(10)21-14)12-8-18-9-13(20-12)16(23)22-5-1-2-6-22/h3-4,7-9H,1-2,5-6H2,(H3,17,19,21). The Balaban J connectivity index is 1.78. The molecule has 1 aliphatic rings. The number of amides is 1. The third-order valence-electron chi connectivity index (χ3n) is 4.07. The monoisotopic (exact) mass is 308 g/mol. The number of nitrogens with one attached hydrogen (secondary N) is 1. The molecule has 0 aromatic carbocycles. The van der Waals surface area contributed by atoms with Crippen LogP contribution in [0.2, 0.25) is 0 Å². The lowest BCUT2D eigenvalue weighted by atomic mass is 10.1. The van der Waals surface area contributed by atoms with E-state index in [1.807, 2.05) is 11.0 Å². The summed E-state index contributed by atoms with van der Waals surface area (Å²) < 4.78 is 0. The SMILES string of the molecule is Nc1cc(-c2cncc(C(=O)N3CCCC3)n2)c2cc[nH]c2n1. The van der Waals surface area contributed by atoms with Gasteiger partial charge in [-0.15, -0.1) is 0 Å². The maximum atomic E-state index is 12.5. The topological polar surface area (TPSA) is 101 Å². The number of aromatic nitrogens is 4. The van der Waals surface area contributed by atoms with Crippen LogP contribution in [0.15, 0.2) is 30.7 Å². The van der Waals surface area contributed by atoms with Crippen molar-refractivity contribution in [2.45, 2.75) is 12.8 Å². The number of aromatic amines is 1. The van der Waals surface area contributed by atoms with Crippen molar-refractivity contribution in [2.75, 3.05) is 18.8 Å². The smallest absolute Gasteiger partial charge is 0.274 e. The van der Waals surface area contributed by atoms with Gasteiger partial charge >= 0.3 is 0 Å². The molecule has 0 bridgehead atoms. The number of likely N-dealkylation sites (tertiary alicyclic amines) is 1. The summed E-state index contributed by atoms with van der Waals surface area (Å²) in [6, 6.07) is 3.66. The largest absolute Gasteiger partial charge is 0.384 e. The molecule has 3 N–H and O–H groups in total. The van der Waals surface area contributed by atoms with Gasteiger partial charge in [-0.25, -0.2) is 9.97 Å². The number of fused-ring (bicyclic) bond motifs is 1. The quantitative estimate of drug-likeness (QED) is 0.752. The van der Waals surface area contributed by atoms with Crippen molar-refractivity contribution in [3.8, 4) is 11.3 Å². The van der Waals surface area contributed by atoms with E-state index in [9.17, 15) is 4.79 Å². The number of hydrogen-bond acceptors (Lipinski definition) is 5. The second-order valence-corrected chi connectivity index (χ2v) is 5.62. The molecule has 116 valence electrons. The first kappa shape index (κ1) is 13.7. The molecule has 1 amide bonds. The van der Waals surface area contributed by atoms with Crippen molar-refractivity contribution >= 4 is 22.8 Å². The minimum Gasteiger partial charge on any atom is -0.384 e. The summed E-state index contributed by atoms with van der Waals surface area (Å²) in [5.41, 5.74) is 8.36. The lowest BCUT2D eigenvalue weighted by molar-refractivity contribution is 0.0786. The van der Waals surface area contributed by atoms with Crippen LogP contribution in [0.3, 0.4) is 0 Å². The van der Waals surface area contributed by atoms with E-state index in [4.69, 9.17) is 5.73 Å². The Morgan fingerprint density at radius 2 is 2.04 bits per heavy atom. The minimum absolute atomic E-state index is 0.0656. The number of anilines is 1. The number of carbonyl (C=O) groups is 1. The Kier molecular flexibility index (Phi) is 3.18. The molecule has 0 aliphatic carbocycles. The van der Waals surface area contributed by atoms with Gasteiger partial charge in [-0.1, -0.05) is 0 Å². The highest BCUT2D eigenvalue weighted by atomic mass is 16.2. The Morgan fingerprint density at radius 3 is 2.87 bits per heavy atom. The molecule has 1 fully saturated rings. The maximum absolute atomic E-state index is 12.5. The number of nitrogen functional groups attached to an aromatic ring is 1. The van der Waals surface area contributed by atoms with Crippen LogP contribution in [0.4, 0.5) is 5.82 Å². The second kappa shape index (κ2) is 5.35. The summed E-state index contributed by atoms with van der Waals surface area (Å²) in [5.74, 6) is 0.331. The molecule has 7 nitrogen and oxygen atoms in total. The first-order valence-electron chi connectivity index (χ1n) is 7.58. The molecular formula is C16H16N6O. The van der Waals surface area contributed by atoms with E-state index < -0.39 is 0 Å². The van der Waals surface area contributed by atoms with Crippen LogP contribution >= 0.6 is 0 Å². The predicted molar refractivity (Wildman–Crippen MR) is 86.7 cm³/mol. The third-order valence-corrected chi connectivity index (χ3v) is 4.07. The van der Waals surface area contributed by atoms with Crippen LogP contribution in [0.1, 0.15) is 23.3 Å². The average Bonchev–Trinajstić information content (AvgIpc) is 3.24. The number of H-pyrrole nitrogens is 1. The molecule has 4 rings (SSSR count). The molecule has 7 heteroatoms. The molecule has 3 aromatic heterocycles. The number of hydrogen-bond donors (Lipinski definition) is 2. The maximum Gasteiger partial charge on any atom is 0.274 e. The number of nitrogens with zero attached hydrogens (tertiary/aromatic N) is 4. The normalized spacial score (nSPS) is 14.5. The zero-order chi connectivity index (χ0) is 15.8. The molecule has 3 aromatic rings. The van der Waals surface area contributed by atoms with Crippen molar-refractivity contribution in [3.63, 3.8) is 0 Å². The molecule has 0 spiro atoms. The highest BCUT2D eigenvalue weighted by molar-refractivity contribution is 5.95. The average molecular weight is 308 g/mol. The summed E-state index contributed by atoms with van der Waals surface area (Å²) in [4.78, 5) is 30.3. The van der Waals surface area contributed by atoms with E-state index in [0.29, 0.717) is 22.9 Å². The van der Waals surface area contributed by atoms with Gasteiger partial charge in [0.25, 0.3) is 5.91 Å². The predicted octanol–water partition coefficient (Wildman–Crippen LogP) is 1.84. The highest BCUT2D eigenvalue weighted by Gasteiger charge is 2.21. The van der Waals surface area contributed by atoms with Gasteiger partial charge in [0, 0.05) is 30.2 Å². The number of nitrogens with two attached hydrogens (primary N) is 1. The summed E-state index contributed by atoms with van der Waals surface area (Å²) in [6.45, 7) is 1.57. The molecular weight excluding hydrogens is 292 g/mol. The molecule has 0 atom stereocenters. The van der Waals surface area contributed by atoms with Gasteiger partial charge in [-0.2, -0.15) is 0 Å². The zero-order valence-electron chi connectivity index (χ0n) is 12.5. The lowest BCUT2D eigenvalue weighted by Gasteiger charge is -2.14. The van der Waals surface area contributed by atoms with Crippen LogP contribution in [-0.4, -0.2) is 43.8 Å². The summed E-state index contributed by atoms with van der Waals surface area (Å²) in [5, 5.41) is 0.902. The van der Waals surface area contributed by atoms with Gasteiger partial charge < -0.3 is 15.6 Å². The summed E-state index contributed by atoms with van der Waals surface area (Å²) >= 11 is 0. The highest BCUT2D eigenvalue weighted by Crippen LogP contribution is 2.27. The van der Waals surface area contributed by atoms with Crippen LogP contribution < -0.4 is 5.73 Å². The van der Waals surface area contributed by atoms with Gasteiger partial charge in [0.1, 0.15) is 17.2 Å². The molecule has 0 unspecified atom stereocenters. The van der Waals surface area contributed by atoms with Gasteiger partial charge in [0.05, 0.1) is 18.1 Å². The van der Waals surface area contributed by atoms with Gasteiger partial charge in [-0.05, 0) is 25.0 Å². The van der Waals surface area contributed by atoms with E-state index in [0.717, 1.165) is 36.9 Å². The van der Waals surface area contributed by atoms with Crippen LogP contribution in [-0.2, 0) is 0 Å². The summed E-state index contributed by atoms with van der Waals surface area (Å²) in [6.07, 6.45) is 7.05. The molecule has 1 saturated heterocycles. The fraction of sp³-hybridized carbons (Fsp3) is 0.250. The van der Waals surface area contributed by atoms with Crippen LogP contribution in [0, 0.1) is 0 Å². The second-order valence-electron chi connectivity index (χ2n) is 5.62. The zero-order valence-corrected chi connectivity index (χ0v) is 12.5. The van der Waals surface area contributed by atoms with Crippen molar-refractivity contribution in [3.05, 3.63) is 36.4 Å². The Morgan fingerprint density at radius 1 is 1.22 bits per heavy atom. The van der Waals surface area contributed by atoms with Crippen molar-refractivity contribution in [2.24, 2.45) is 0 Å². The van der Waals surface area contributed by atoms with E-state index in [1.54, 1.807) is 18.5 Å². The third kappa shape index (κ3) is 2.40. The Bertz CT molecular complexity index is 881. The molecule has 23 heavy (non-hydrogen) atoms. The first-order chi connectivity index (χ1) is 11.2. The Hall–Kier alpha value is -2.96. The van der Waals surface area contributed by atoms with E-state index in [1.165, 1.54) is 6.20 Å². The van der Waals surface area contributed by atoms with Crippen LogP contribution in [0.5, 0.6) is 0 Å². The molecule has 4 heterocycles. The van der Waals surface area contributed by atoms with Crippen LogP contribution in [0.25, 0.3) is 22.3 Å². The first-order valence-corrected chi connectivity index (χ1v) is 7.58.